The second-order valence-corrected chi connectivity index (χ2v) is 9.17. The number of nitrogens with zero attached hydrogens (tertiary/aromatic N) is 4. The zero-order valence-electron chi connectivity index (χ0n) is 14.3. The van der Waals surface area contributed by atoms with Crippen molar-refractivity contribution in [1.29, 1.82) is 0 Å². The Morgan fingerprint density at radius 1 is 1.50 bits per heavy atom. The lowest BCUT2D eigenvalue weighted by Crippen LogP contribution is -2.49. The summed E-state index contributed by atoms with van der Waals surface area (Å²) < 4.78 is 24.8. The molecule has 0 amide bonds. The third-order valence-electron chi connectivity index (χ3n) is 5.03. The quantitative estimate of drug-likeness (QED) is 0.704. The Balaban J connectivity index is 1.76. The minimum absolute atomic E-state index is 0.291. The van der Waals surface area contributed by atoms with Crippen LogP contribution in [0.2, 0.25) is 0 Å². The molecule has 4 rings (SSSR count). The van der Waals surface area contributed by atoms with E-state index in [2.05, 4.69) is 15.0 Å². The molecule has 0 radical (unpaired) electrons. The lowest BCUT2D eigenvalue weighted by atomic mass is 9.87. The Morgan fingerprint density at radius 2 is 2.31 bits per heavy atom. The van der Waals surface area contributed by atoms with Crippen LogP contribution < -0.4 is 5.73 Å². The molecule has 2 saturated heterocycles. The lowest BCUT2D eigenvalue weighted by Gasteiger charge is -2.38. The summed E-state index contributed by atoms with van der Waals surface area (Å²) in [7, 11) is 1.33. The molecule has 2 bridgehead atoms. The highest BCUT2D eigenvalue weighted by Crippen LogP contribution is 2.55. The molecule has 4 heterocycles. The van der Waals surface area contributed by atoms with Crippen molar-refractivity contribution < 1.29 is 23.4 Å². The van der Waals surface area contributed by atoms with Gasteiger partial charge in [-0.15, -0.1) is 0 Å². The van der Waals surface area contributed by atoms with Gasteiger partial charge in [0, 0.05) is 13.5 Å². The molecular formula is C14H20N5O5PS. The summed E-state index contributed by atoms with van der Waals surface area (Å²) in [5.74, 6) is 0.291. The van der Waals surface area contributed by atoms with E-state index in [1.807, 2.05) is 6.92 Å². The van der Waals surface area contributed by atoms with E-state index >= 15 is 0 Å². The Labute approximate surface area is 154 Å². The summed E-state index contributed by atoms with van der Waals surface area (Å²) in [4.78, 5) is 22.7. The highest BCUT2D eigenvalue weighted by Gasteiger charge is 2.60. The monoisotopic (exact) mass is 401 g/mol. The minimum atomic E-state index is -3.39. The van der Waals surface area contributed by atoms with E-state index in [0.717, 1.165) is 0 Å². The summed E-state index contributed by atoms with van der Waals surface area (Å²) >= 11 is 5.04. The first-order valence-electron chi connectivity index (χ1n) is 8.20. The molecule has 2 aliphatic heterocycles. The van der Waals surface area contributed by atoms with Gasteiger partial charge in [-0.3, -0.25) is 9.09 Å². The highest BCUT2D eigenvalue weighted by atomic mass is 32.5. The number of hydrogen-bond acceptors (Lipinski definition) is 9. The van der Waals surface area contributed by atoms with E-state index < -0.39 is 30.8 Å². The van der Waals surface area contributed by atoms with Gasteiger partial charge in [0.15, 0.2) is 17.7 Å². The Hall–Kier alpha value is -1.20. The molecule has 2 aliphatic rings. The van der Waals surface area contributed by atoms with Gasteiger partial charge >= 0.3 is 6.72 Å². The topological polar surface area (TPSA) is 127 Å². The summed E-state index contributed by atoms with van der Waals surface area (Å²) in [5, 5.41) is 0. The largest absolute Gasteiger partial charge is 0.382 e. The molecule has 12 heteroatoms. The van der Waals surface area contributed by atoms with Crippen LogP contribution in [0.5, 0.6) is 0 Å². The fourth-order valence-corrected chi connectivity index (χ4v) is 4.60. The van der Waals surface area contributed by atoms with Crippen molar-refractivity contribution in [1.82, 2.24) is 19.5 Å². The molecule has 10 nitrogen and oxygen atoms in total. The lowest BCUT2D eigenvalue weighted by molar-refractivity contribution is -0.116. The summed E-state index contributed by atoms with van der Waals surface area (Å²) in [6.45, 7) is -0.874. The maximum absolute atomic E-state index is 10.2. The average Bonchev–Trinajstić information content (AvgIpc) is 3.11. The van der Waals surface area contributed by atoms with Crippen LogP contribution in [0.15, 0.2) is 12.7 Å². The number of fused-ring (bicyclic) bond motifs is 3. The van der Waals surface area contributed by atoms with Gasteiger partial charge in [-0.05, 0) is 18.2 Å². The second-order valence-electron chi connectivity index (χ2n) is 6.27. The molecule has 2 aromatic heterocycles. The van der Waals surface area contributed by atoms with Crippen molar-refractivity contribution in [3.63, 3.8) is 0 Å². The van der Waals surface area contributed by atoms with Crippen LogP contribution in [0.3, 0.4) is 0 Å². The number of imidazole rings is 1. The molecule has 0 aromatic carbocycles. The third-order valence-corrected chi connectivity index (χ3v) is 6.69. The summed E-state index contributed by atoms with van der Waals surface area (Å²) in [6, 6.07) is 0. The van der Waals surface area contributed by atoms with E-state index in [1.54, 1.807) is 10.9 Å². The third kappa shape index (κ3) is 2.75. The second kappa shape index (κ2) is 6.45. The number of hydrogen-bond donors (Lipinski definition) is 2. The molecule has 0 aliphatic carbocycles. The molecular weight excluding hydrogens is 381 g/mol. The van der Waals surface area contributed by atoms with Crippen molar-refractivity contribution >= 4 is 35.5 Å². The van der Waals surface area contributed by atoms with E-state index in [9.17, 15) is 4.89 Å². The van der Waals surface area contributed by atoms with Gasteiger partial charge in [-0.2, -0.15) is 0 Å². The molecule has 0 spiro atoms. The molecule has 2 fully saturated rings. The molecule has 142 valence electrons. The van der Waals surface area contributed by atoms with Crippen LogP contribution in [0, 0.1) is 0 Å². The average molecular weight is 401 g/mol. The van der Waals surface area contributed by atoms with Crippen LogP contribution in [-0.4, -0.2) is 55.9 Å². The van der Waals surface area contributed by atoms with Crippen molar-refractivity contribution in [3.05, 3.63) is 12.7 Å². The van der Waals surface area contributed by atoms with Crippen LogP contribution in [0.1, 0.15) is 26.0 Å². The van der Waals surface area contributed by atoms with Crippen molar-refractivity contribution in [2.45, 2.75) is 43.8 Å². The molecule has 3 N–H and O–H groups in total. The molecule has 26 heavy (non-hydrogen) atoms. The van der Waals surface area contributed by atoms with Gasteiger partial charge in [0.05, 0.1) is 12.9 Å². The number of aromatic nitrogens is 4. The number of anilines is 1. The minimum Gasteiger partial charge on any atom is -0.382 e. The molecule has 0 saturated carbocycles. The summed E-state index contributed by atoms with van der Waals surface area (Å²) in [5.41, 5.74) is 6.26. The maximum atomic E-state index is 10.2. The van der Waals surface area contributed by atoms with E-state index in [-0.39, 0.29) is 0 Å². The Bertz CT molecular complexity index is 881. The van der Waals surface area contributed by atoms with Gasteiger partial charge in [0.25, 0.3) is 0 Å². The van der Waals surface area contributed by atoms with Crippen molar-refractivity contribution in [2.75, 3.05) is 19.5 Å². The van der Waals surface area contributed by atoms with Crippen LogP contribution in [-0.2, 0) is 30.3 Å². The van der Waals surface area contributed by atoms with Crippen LogP contribution in [0.25, 0.3) is 11.2 Å². The first-order valence-corrected chi connectivity index (χ1v) is 10.8. The highest BCUT2D eigenvalue weighted by molar-refractivity contribution is 8.07. The van der Waals surface area contributed by atoms with Crippen molar-refractivity contribution in [3.8, 4) is 0 Å². The fourth-order valence-electron chi connectivity index (χ4n) is 3.64. The number of nitrogens with two attached hydrogens (primary N) is 1. The SMILES string of the molecule is CC[C@]12CCOC(C1OP(O)(=S)OC)[C@H](n1cnc3c(N)ncnc31)O2. The standard InChI is InChI=1S/C14H20N5O5PS/c1-3-14-4-5-22-9(10(14)24-25(20,26)21-2)13(23-14)19-7-18-8-11(15)16-6-17-12(8)19/h6-7,9-10,13H,3-5H2,1-2H3,(H,20,26)(H2,15,16,17)/t9?,10?,13-,14+,25?/m1/s1. The number of nitrogen functional groups attached to an aromatic ring is 1. The Kier molecular flexibility index (Phi) is 4.51. The van der Waals surface area contributed by atoms with E-state index in [1.165, 1.54) is 13.4 Å². The number of rotatable bonds is 5. The first kappa shape index (κ1) is 18.2. The van der Waals surface area contributed by atoms with Gasteiger partial charge in [-0.1, -0.05) is 6.92 Å². The van der Waals surface area contributed by atoms with E-state index in [4.69, 9.17) is 36.1 Å². The molecule has 2 aromatic rings. The normalized spacial score (nSPS) is 33.4. The fraction of sp³-hybridized carbons (Fsp3) is 0.643. The van der Waals surface area contributed by atoms with Gasteiger partial charge < -0.3 is 24.6 Å². The van der Waals surface area contributed by atoms with Crippen LogP contribution >= 0.6 is 6.72 Å². The zero-order chi connectivity index (χ0) is 18.5. The van der Waals surface area contributed by atoms with Gasteiger partial charge in [0.1, 0.15) is 29.7 Å². The predicted molar refractivity (Wildman–Crippen MR) is 95.6 cm³/mol. The number of ether oxygens (including phenoxy) is 2. The summed E-state index contributed by atoms with van der Waals surface area (Å²) in [6.07, 6.45) is 2.63. The molecule has 3 unspecified atom stereocenters. The van der Waals surface area contributed by atoms with E-state index in [0.29, 0.717) is 36.4 Å². The smallest absolute Gasteiger partial charge is 0.324 e. The van der Waals surface area contributed by atoms with Crippen LogP contribution in [0.4, 0.5) is 5.82 Å². The Morgan fingerprint density at radius 3 is 3.04 bits per heavy atom. The molecule has 5 atom stereocenters. The predicted octanol–water partition coefficient (Wildman–Crippen LogP) is 1.12. The zero-order valence-corrected chi connectivity index (χ0v) is 16.0. The van der Waals surface area contributed by atoms with Gasteiger partial charge in [-0.25, -0.2) is 15.0 Å². The first-order chi connectivity index (χ1) is 12.4. The van der Waals surface area contributed by atoms with Gasteiger partial charge in [0.2, 0.25) is 0 Å². The van der Waals surface area contributed by atoms with Crippen molar-refractivity contribution in [2.24, 2.45) is 0 Å². The maximum Gasteiger partial charge on any atom is 0.324 e.